The Balaban J connectivity index is 1.79. The van der Waals surface area contributed by atoms with Gasteiger partial charge in [0.25, 0.3) is 0 Å². The molecule has 0 spiro atoms. The number of benzene rings is 2. The van der Waals surface area contributed by atoms with Crippen molar-refractivity contribution in [2.75, 3.05) is 0 Å². The van der Waals surface area contributed by atoms with Gasteiger partial charge in [-0.2, -0.15) is 0 Å². The topological polar surface area (TPSA) is 36.9 Å². The second-order valence-electron chi connectivity index (χ2n) is 15.5. The first-order valence-electron chi connectivity index (χ1n) is 15.1. The summed E-state index contributed by atoms with van der Waals surface area (Å²) < 4.78 is 26.6. The second kappa shape index (κ2) is 11.4. The summed E-state index contributed by atoms with van der Waals surface area (Å²) in [5.74, 6) is 0.232. The average Bonchev–Trinajstić information content (AvgIpc) is 3.34. The van der Waals surface area contributed by atoms with E-state index in [1.807, 2.05) is 0 Å². The zero-order chi connectivity index (χ0) is 30.4. The maximum atomic E-state index is 6.64. The molecule has 4 nitrogen and oxygen atoms in total. The van der Waals surface area contributed by atoms with E-state index >= 15 is 0 Å². The van der Waals surface area contributed by atoms with E-state index in [9.17, 15) is 0 Å². The van der Waals surface area contributed by atoms with Crippen LogP contribution in [0.25, 0.3) is 12.2 Å². The minimum Gasteiger partial charge on any atom is -0.343 e. The molecule has 4 heteroatoms. The molecule has 0 amide bonds. The third-order valence-corrected chi connectivity index (χ3v) is 7.05. The zero-order valence-electron chi connectivity index (χ0n) is 27.4. The van der Waals surface area contributed by atoms with E-state index in [0.717, 1.165) is 6.42 Å². The molecule has 0 radical (unpaired) electrons. The molecule has 41 heavy (non-hydrogen) atoms. The van der Waals surface area contributed by atoms with Crippen LogP contribution in [0.1, 0.15) is 124 Å². The van der Waals surface area contributed by atoms with Crippen LogP contribution in [-0.4, -0.2) is 35.0 Å². The maximum Gasteiger partial charge on any atom is 0.181 e. The molecule has 2 aliphatic rings. The molecule has 0 saturated heterocycles. The lowest BCUT2D eigenvalue weighted by molar-refractivity contribution is -0.216. The molecule has 0 aliphatic heterocycles. The summed E-state index contributed by atoms with van der Waals surface area (Å²) >= 11 is 0. The number of hydrogen-bond donors (Lipinski definition) is 0. The summed E-state index contributed by atoms with van der Waals surface area (Å²) in [6.07, 6.45) is 4.51. The number of rotatable bonds is 8. The SMILES string of the molecule is CC(C)(C)OC(OC(C)(C)C)C1=Cc2ccccc2C1CC1C(C(OC(C)(C)C)OC(C)(C)C)=Cc2ccccc21. The van der Waals surface area contributed by atoms with Gasteiger partial charge in [-0.1, -0.05) is 48.5 Å². The molecule has 2 atom stereocenters. The fourth-order valence-electron chi connectivity index (χ4n) is 5.67. The lowest BCUT2D eigenvalue weighted by Gasteiger charge is -2.37. The van der Waals surface area contributed by atoms with Crippen molar-refractivity contribution in [1.82, 2.24) is 0 Å². The van der Waals surface area contributed by atoms with E-state index in [2.05, 4.69) is 144 Å². The highest BCUT2D eigenvalue weighted by Crippen LogP contribution is 2.51. The van der Waals surface area contributed by atoms with Gasteiger partial charge in [0.15, 0.2) is 12.6 Å². The van der Waals surface area contributed by atoms with Crippen LogP contribution in [-0.2, 0) is 18.9 Å². The Morgan fingerprint density at radius 3 is 1.07 bits per heavy atom. The first kappa shape index (κ1) is 31.7. The first-order valence-corrected chi connectivity index (χ1v) is 15.1. The van der Waals surface area contributed by atoms with Gasteiger partial charge in [-0.05, 0) is 135 Å². The molecular formula is C37H52O4. The third-order valence-electron chi connectivity index (χ3n) is 7.05. The molecule has 0 bridgehead atoms. The van der Waals surface area contributed by atoms with E-state index in [1.54, 1.807) is 0 Å². The van der Waals surface area contributed by atoms with E-state index in [0.29, 0.717) is 0 Å². The molecule has 0 N–H and O–H groups in total. The van der Waals surface area contributed by atoms with Crippen molar-refractivity contribution in [2.24, 2.45) is 0 Å². The van der Waals surface area contributed by atoms with Crippen LogP contribution in [0.15, 0.2) is 59.7 Å². The van der Waals surface area contributed by atoms with Crippen LogP contribution in [0, 0.1) is 0 Å². The summed E-state index contributed by atoms with van der Waals surface area (Å²) in [5.41, 5.74) is 5.97. The molecule has 0 heterocycles. The monoisotopic (exact) mass is 560 g/mol. The second-order valence-corrected chi connectivity index (χ2v) is 15.5. The van der Waals surface area contributed by atoms with Gasteiger partial charge in [-0.25, -0.2) is 0 Å². The molecule has 2 aromatic rings. The Hall–Kier alpha value is -2.24. The summed E-state index contributed by atoms with van der Waals surface area (Å²) in [6, 6.07) is 17.4. The lowest BCUT2D eigenvalue weighted by Crippen LogP contribution is -2.38. The molecule has 2 aromatic carbocycles. The summed E-state index contributed by atoms with van der Waals surface area (Å²) in [4.78, 5) is 0. The standard InChI is InChI=1S/C37H52O4/c1-34(2,3)38-32(39-35(4,5)6)30-21-24-17-13-15-19-26(24)28(30)23-29-27-20-16-14-18-25(27)22-31(29)33(40-36(7,8)9)41-37(10,11)12/h13-22,28-29,32-33H,23H2,1-12H3. The predicted molar refractivity (Wildman–Crippen MR) is 170 cm³/mol. The van der Waals surface area contributed by atoms with Crippen molar-refractivity contribution in [3.8, 4) is 0 Å². The van der Waals surface area contributed by atoms with Gasteiger partial charge in [-0.3, -0.25) is 0 Å². The fourth-order valence-corrected chi connectivity index (χ4v) is 5.67. The van der Waals surface area contributed by atoms with Gasteiger partial charge in [0.1, 0.15) is 0 Å². The quantitative estimate of drug-likeness (QED) is 0.301. The van der Waals surface area contributed by atoms with Gasteiger partial charge in [0.2, 0.25) is 0 Å². The van der Waals surface area contributed by atoms with Gasteiger partial charge in [0, 0.05) is 11.8 Å². The van der Waals surface area contributed by atoms with Crippen LogP contribution >= 0.6 is 0 Å². The Labute approximate surface area is 249 Å². The Morgan fingerprint density at radius 1 is 0.488 bits per heavy atom. The number of ether oxygens (including phenoxy) is 4. The molecular weight excluding hydrogens is 508 g/mol. The van der Waals surface area contributed by atoms with E-state index < -0.39 is 12.6 Å². The van der Waals surface area contributed by atoms with Crippen LogP contribution < -0.4 is 0 Å². The Morgan fingerprint density at radius 2 is 0.780 bits per heavy atom. The van der Waals surface area contributed by atoms with Gasteiger partial charge in [0.05, 0.1) is 22.4 Å². The van der Waals surface area contributed by atoms with Crippen molar-refractivity contribution in [1.29, 1.82) is 0 Å². The summed E-state index contributed by atoms with van der Waals surface area (Å²) in [6.45, 7) is 25.1. The van der Waals surface area contributed by atoms with E-state index in [1.165, 1.54) is 33.4 Å². The van der Waals surface area contributed by atoms with Crippen molar-refractivity contribution in [3.63, 3.8) is 0 Å². The van der Waals surface area contributed by atoms with Gasteiger partial charge >= 0.3 is 0 Å². The van der Waals surface area contributed by atoms with Crippen LogP contribution in [0.5, 0.6) is 0 Å². The lowest BCUT2D eigenvalue weighted by atomic mass is 9.81. The molecule has 224 valence electrons. The molecule has 2 unspecified atom stereocenters. The summed E-state index contributed by atoms with van der Waals surface area (Å²) in [7, 11) is 0. The summed E-state index contributed by atoms with van der Waals surface area (Å²) in [5, 5.41) is 0. The van der Waals surface area contributed by atoms with Crippen molar-refractivity contribution in [3.05, 3.63) is 81.9 Å². The fraction of sp³-hybridized carbons (Fsp3) is 0.568. The molecule has 0 saturated carbocycles. The largest absolute Gasteiger partial charge is 0.343 e. The highest BCUT2D eigenvalue weighted by molar-refractivity contribution is 5.70. The minimum absolute atomic E-state index is 0.116. The molecule has 0 aromatic heterocycles. The Bertz CT molecular complexity index is 1140. The number of fused-ring (bicyclic) bond motifs is 2. The third kappa shape index (κ3) is 8.41. The first-order chi connectivity index (χ1) is 18.8. The van der Waals surface area contributed by atoms with Crippen molar-refractivity contribution >= 4 is 12.2 Å². The van der Waals surface area contributed by atoms with Gasteiger partial charge < -0.3 is 18.9 Å². The van der Waals surface area contributed by atoms with Crippen LogP contribution in [0.3, 0.4) is 0 Å². The predicted octanol–water partition coefficient (Wildman–Crippen LogP) is 9.65. The highest BCUT2D eigenvalue weighted by atomic mass is 16.7. The van der Waals surface area contributed by atoms with Crippen molar-refractivity contribution in [2.45, 2.75) is 136 Å². The van der Waals surface area contributed by atoms with Gasteiger partial charge in [-0.15, -0.1) is 0 Å². The average molecular weight is 561 g/mol. The van der Waals surface area contributed by atoms with Crippen LogP contribution in [0.2, 0.25) is 0 Å². The zero-order valence-corrected chi connectivity index (χ0v) is 27.4. The molecule has 4 rings (SSSR count). The van der Waals surface area contributed by atoms with Crippen LogP contribution in [0.4, 0.5) is 0 Å². The maximum absolute atomic E-state index is 6.64. The molecule has 0 fully saturated rings. The number of hydrogen-bond acceptors (Lipinski definition) is 4. The minimum atomic E-state index is -0.469. The smallest absolute Gasteiger partial charge is 0.181 e. The normalized spacial score (nSPS) is 19.5. The van der Waals surface area contributed by atoms with E-state index in [4.69, 9.17) is 18.9 Å². The highest BCUT2D eigenvalue weighted by Gasteiger charge is 2.41. The molecule has 2 aliphatic carbocycles. The Kier molecular flexibility index (Phi) is 8.85. The van der Waals surface area contributed by atoms with Crippen molar-refractivity contribution < 1.29 is 18.9 Å². The van der Waals surface area contributed by atoms with E-state index in [-0.39, 0.29) is 34.2 Å².